The SMILES string of the molecule is COc1ccc(C)cc1-c1ccnc(C(N)=O)n1. The number of hydrogen-bond acceptors (Lipinski definition) is 4. The Bertz CT molecular complexity index is 597. The third kappa shape index (κ3) is 2.29. The molecule has 1 amide bonds. The molecular formula is C13H13N3O2. The zero-order chi connectivity index (χ0) is 13.1. The average molecular weight is 243 g/mol. The second-order valence-electron chi connectivity index (χ2n) is 3.83. The first-order valence-corrected chi connectivity index (χ1v) is 5.39. The second kappa shape index (κ2) is 4.83. The number of rotatable bonds is 3. The molecule has 0 saturated heterocycles. The molecule has 1 aromatic carbocycles. The van der Waals surface area contributed by atoms with Crippen LogP contribution in [0.4, 0.5) is 0 Å². The lowest BCUT2D eigenvalue weighted by molar-refractivity contribution is 0.0990. The molecule has 0 aliphatic rings. The van der Waals surface area contributed by atoms with Crippen molar-refractivity contribution in [2.24, 2.45) is 5.73 Å². The highest BCUT2D eigenvalue weighted by Crippen LogP contribution is 2.29. The van der Waals surface area contributed by atoms with Crippen molar-refractivity contribution in [3.8, 4) is 17.0 Å². The Morgan fingerprint density at radius 2 is 2.11 bits per heavy atom. The lowest BCUT2D eigenvalue weighted by Crippen LogP contribution is -2.15. The number of primary amides is 1. The minimum Gasteiger partial charge on any atom is -0.496 e. The number of carbonyl (C=O) groups is 1. The van der Waals surface area contributed by atoms with E-state index in [1.165, 1.54) is 6.20 Å². The molecule has 5 nitrogen and oxygen atoms in total. The summed E-state index contributed by atoms with van der Waals surface area (Å²) in [4.78, 5) is 19.0. The maximum absolute atomic E-state index is 11.1. The first-order valence-electron chi connectivity index (χ1n) is 5.39. The Morgan fingerprint density at radius 3 is 2.78 bits per heavy atom. The molecule has 1 aromatic heterocycles. The van der Waals surface area contributed by atoms with Gasteiger partial charge in [0.2, 0.25) is 5.82 Å². The molecule has 2 N–H and O–H groups in total. The fraction of sp³-hybridized carbons (Fsp3) is 0.154. The molecule has 2 rings (SSSR count). The van der Waals surface area contributed by atoms with E-state index in [-0.39, 0.29) is 5.82 Å². The Kier molecular flexibility index (Phi) is 3.23. The van der Waals surface area contributed by atoms with Crippen molar-refractivity contribution < 1.29 is 9.53 Å². The van der Waals surface area contributed by atoms with Crippen LogP contribution < -0.4 is 10.5 Å². The van der Waals surface area contributed by atoms with E-state index in [1.54, 1.807) is 13.2 Å². The van der Waals surface area contributed by atoms with Gasteiger partial charge in [0.25, 0.3) is 5.91 Å². The van der Waals surface area contributed by atoms with Gasteiger partial charge in [-0.05, 0) is 25.1 Å². The topological polar surface area (TPSA) is 78.1 Å². The van der Waals surface area contributed by atoms with Crippen LogP contribution in [0.5, 0.6) is 5.75 Å². The summed E-state index contributed by atoms with van der Waals surface area (Å²) in [6.45, 7) is 1.97. The zero-order valence-corrected chi connectivity index (χ0v) is 10.2. The van der Waals surface area contributed by atoms with E-state index in [0.29, 0.717) is 11.4 Å². The maximum atomic E-state index is 11.1. The van der Waals surface area contributed by atoms with Crippen LogP contribution in [0.15, 0.2) is 30.5 Å². The van der Waals surface area contributed by atoms with Gasteiger partial charge in [0.15, 0.2) is 0 Å². The highest BCUT2D eigenvalue weighted by molar-refractivity contribution is 5.89. The normalized spacial score (nSPS) is 10.1. The van der Waals surface area contributed by atoms with Gasteiger partial charge in [-0.15, -0.1) is 0 Å². The van der Waals surface area contributed by atoms with Gasteiger partial charge in [0.1, 0.15) is 5.75 Å². The van der Waals surface area contributed by atoms with E-state index in [9.17, 15) is 4.79 Å². The molecule has 0 bridgehead atoms. The van der Waals surface area contributed by atoms with Gasteiger partial charge in [-0.1, -0.05) is 11.6 Å². The van der Waals surface area contributed by atoms with Crippen LogP contribution in [0.2, 0.25) is 0 Å². The summed E-state index contributed by atoms with van der Waals surface area (Å²) in [5.41, 5.74) is 7.66. The highest BCUT2D eigenvalue weighted by atomic mass is 16.5. The molecule has 0 radical (unpaired) electrons. The predicted octanol–water partition coefficient (Wildman–Crippen LogP) is 1.56. The Balaban J connectivity index is 2.57. The molecule has 0 saturated carbocycles. The standard InChI is InChI=1S/C13H13N3O2/c1-8-3-4-11(18-2)9(7-8)10-5-6-15-13(16-10)12(14)17/h3-7H,1-2H3,(H2,14,17). The van der Waals surface area contributed by atoms with Gasteiger partial charge >= 0.3 is 0 Å². The van der Waals surface area contributed by atoms with E-state index in [1.807, 2.05) is 25.1 Å². The number of hydrogen-bond donors (Lipinski definition) is 1. The van der Waals surface area contributed by atoms with Crippen LogP contribution >= 0.6 is 0 Å². The fourth-order valence-electron chi connectivity index (χ4n) is 1.65. The van der Waals surface area contributed by atoms with E-state index < -0.39 is 5.91 Å². The van der Waals surface area contributed by atoms with Crippen molar-refractivity contribution >= 4 is 5.91 Å². The number of ether oxygens (including phenoxy) is 1. The molecule has 18 heavy (non-hydrogen) atoms. The molecule has 0 fully saturated rings. The van der Waals surface area contributed by atoms with Gasteiger partial charge in [0, 0.05) is 11.8 Å². The van der Waals surface area contributed by atoms with Crippen molar-refractivity contribution in [2.45, 2.75) is 6.92 Å². The number of carbonyl (C=O) groups excluding carboxylic acids is 1. The fourth-order valence-corrected chi connectivity index (χ4v) is 1.65. The predicted molar refractivity (Wildman–Crippen MR) is 67.3 cm³/mol. The van der Waals surface area contributed by atoms with Crippen molar-refractivity contribution in [3.63, 3.8) is 0 Å². The van der Waals surface area contributed by atoms with E-state index in [0.717, 1.165) is 11.1 Å². The molecule has 0 aliphatic heterocycles. The zero-order valence-electron chi connectivity index (χ0n) is 10.2. The summed E-state index contributed by atoms with van der Waals surface area (Å²) in [7, 11) is 1.59. The Hall–Kier alpha value is -2.43. The Labute approximate surface area is 105 Å². The average Bonchev–Trinajstić information content (AvgIpc) is 2.39. The second-order valence-corrected chi connectivity index (χ2v) is 3.83. The molecular weight excluding hydrogens is 230 g/mol. The quantitative estimate of drug-likeness (QED) is 0.887. The first kappa shape index (κ1) is 12.0. The number of methoxy groups -OCH3 is 1. The molecule has 5 heteroatoms. The summed E-state index contributed by atoms with van der Waals surface area (Å²) < 4.78 is 5.28. The summed E-state index contributed by atoms with van der Waals surface area (Å²) in [5, 5.41) is 0. The lowest BCUT2D eigenvalue weighted by Gasteiger charge is -2.09. The lowest BCUT2D eigenvalue weighted by atomic mass is 10.1. The Morgan fingerprint density at radius 1 is 1.33 bits per heavy atom. The minimum atomic E-state index is -0.650. The number of amides is 1. The molecule has 0 spiro atoms. The van der Waals surface area contributed by atoms with Crippen molar-refractivity contribution in [2.75, 3.05) is 7.11 Å². The van der Waals surface area contributed by atoms with E-state index in [2.05, 4.69) is 9.97 Å². The molecule has 0 atom stereocenters. The van der Waals surface area contributed by atoms with Crippen LogP contribution in [-0.4, -0.2) is 23.0 Å². The van der Waals surface area contributed by atoms with Crippen LogP contribution in [0.1, 0.15) is 16.2 Å². The van der Waals surface area contributed by atoms with Crippen LogP contribution in [0, 0.1) is 6.92 Å². The third-order valence-electron chi connectivity index (χ3n) is 2.51. The van der Waals surface area contributed by atoms with Crippen LogP contribution in [-0.2, 0) is 0 Å². The summed E-state index contributed by atoms with van der Waals surface area (Å²) in [6, 6.07) is 7.45. The largest absolute Gasteiger partial charge is 0.496 e. The smallest absolute Gasteiger partial charge is 0.286 e. The number of benzene rings is 1. The van der Waals surface area contributed by atoms with E-state index >= 15 is 0 Å². The van der Waals surface area contributed by atoms with Crippen LogP contribution in [0.25, 0.3) is 11.3 Å². The summed E-state index contributed by atoms with van der Waals surface area (Å²) in [5.74, 6) is 0.0363. The maximum Gasteiger partial charge on any atom is 0.286 e. The summed E-state index contributed by atoms with van der Waals surface area (Å²) in [6.07, 6.45) is 1.50. The van der Waals surface area contributed by atoms with Gasteiger partial charge in [0.05, 0.1) is 12.8 Å². The van der Waals surface area contributed by atoms with Crippen molar-refractivity contribution in [1.82, 2.24) is 9.97 Å². The third-order valence-corrected chi connectivity index (χ3v) is 2.51. The van der Waals surface area contributed by atoms with E-state index in [4.69, 9.17) is 10.5 Å². The first-order chi connectivity index (χ1) is 8.61. The molecule has 0 aliphatic carbocycles. The number of nitrogens with zero attached hydrogens (tertiary/aromatic N) is 2. The van der Waals surface area contributed by atoms with Gasteiger partial charge in [-0.3, -0.25) is 4.79 Å². The minimum absolute atomic E-state index is 0.00365. The molecule has 1 heterocycles. The molecule has 92 valence electrons. The molecule has 0 unspecified atom stereocenters. The number of nitrogens with two attached hydrogens (primary N) is 1. The van der Waals surface area contributed by atoms with Gasteiger partial charge < -0.3 is 10.5 Å². The highest BCUT2D eigenvalue weighted by Gasteiger charge is 2.10. The van der Waals surface area contributed by atoms with Crippen molar-refractivity contribution in [3.05, 3.63) is 41.9 Å². The van der Waals surface area contributed by atoms with Crippen molar-refractivity contribution in [1.29, 1.82) is 0 Å². The number of aromatic nitrogens is 2. The molecule has 2 aromatic rings. The number of aryl methyl sites for hydroxylation is 1. The summed E-state index contributed by atoms with van der Waals surface area (Å²) >= 11 is 0. The van der Waals surface area contributed by atoms with Crippen LogP contribution in [0.3, 0.4) is 0 Å². The van der Waals surface area contributed by atoms with Gasteiger partial charge in [-0.2, -0.15) is 0 Å². The monoisotopic (exact) mass is 243 g/mol. The van der Waals surface area contributed by atoms with Gasteiger partial charge in [-0.25, -0.2) is 9.97 Å².